The van der Waals surface area contributed by atoms with Crippen LogP contribution in [0.25, 0.3) is 0 Å². The molecule has 0 radical (unpaired) electrons. The molecule has 0 N–H and O–H groups in total. The number of rotatable bonds is 3. The van der Waals surface area contributed by atoms with Gasteiger partial charge in [-0.3, -0.25) is 0 Å². The van der Waals surface area contributed by atoms with Gasteiger partial charge in [-0.25, -0.2) is 0 Å². The summed E-state index contributed by atoms with van der Waals surface area (Å²) >= 11 is 0. The van der Waals surface area contributed by atoms with Gasteiger partial charge in [0, 0.05) is 0 Å². The number of hydrogen-bond acceptors (Lipinski definition) is 0. The van der Waals surface area contributed by atoms with Crippen LogP contribution in [0.4, 0.5) is 0 Å². The van der Waals surface area contributed by atoms with E-state index in [0.717, 1.165) is 11.3 Å². The molecule has 4 aliphatic carbocycles. The largest absolute Gasteiger partial charge is 0.0654 e. The average molecular weight is 277 g/mol. The van der Waals surface area contributed by atoms with Crippen molar-refractivity contribution in [2.45, 2.75) is 103 Å². The van der Waals surface area contributed by atoms with Crippen molar-refractivity contribution in [3.63, 3.8) is 0 Å². The van der Waals surface area contributed by atoms with Gasteiger partial charge in [-0.15, -0.1) is 0 Å². The smallest absolute Gasteiger partial charge is 0.0294 e. The highest BCUT2D eigenvalue weighted by Gasteiger charge is 2.45. The lowest BCUT2D eigenvalue weighted by molar-refractivity contribution is 0.236. The van der Waals surface area contributed by atoms with E-state index < -0.39 is 0 Å². The van der Waals surface area contributed by atoms with E-state index >= 15 is 0 Å². The van der Waals surface area contributed by atoms with Gasteiger partial charge in [0.15, 0.2) is 0 Å². The van der Waals surface area contributed by atoms with Crippen LogP contribution in [0, 0.1) is 23.2 Å². The van der Waals surface area contributed by atoms with Crippen LogP contribution in [0.3, 0.4) is 0 Å². The summed E-state index contributed by atoms with van der Waals surface area (Å²) in [5.41, 5.74) is 0.901. The Bertz CT molecular complexity index is 276. The van der Waals surface area contributed by atoms with E-state index in [9.17, 15) is 0 Å². The zero-order valence-electron chi connectivity index (χ0n) is 13.8. The third-order valence-electron chi connectivity index (χ3n) is 6.63. The monoisotopic (exact) mass is 276 g/mol. The Kier molecular flexibility index (Phi) is 5.10. The molecule has 0 amide bonds. The minimum atomic E-state index is 0.901. The Labute approximate surface area is 127 Å². The van der Waals surface area contributed by atoms with Gasteiger partial charge in [0.2, 0.25) is 0 Å². The third-order valence-corrected chi connectivity index (χ3v) is 6.63. The van der Waals surface area contributed by atoms with Gasteiger partial charge < -0.3 is 0 Å². The highest BCUT2D eigenvalue weighted by Crippen LogP contribution is 2.58. The molecule has 0 heteroatoms. The molecule has 0 nitrogen and oxygen atoms in total. The van der Waals surface area contributed by atoms with Gasteiger partial charge in [0.05, 0.1) is 0 Å². The maximum atomic E-state index is 2.33. The van der Waals surface area contributed by atoms with E-state index in [2.05, 4.69) is 6.92 Å². The first kappa shape index (κ1) is 14.9. The molecule has 0 heterocycles. The van der Waals surface area contributed by atoms with Crippen LogP contribution < -0.4 is 0 Å². The standard InChI is InChI=1S/C11H20.C9H16/c1-2-4-10-5-3-6-11(9-10)7-8-11;1-2-4-8(5-3-1)9-6-7-9/h10H,2-9H2,1H3;8-9H,1-7H2. The molecular formula is C20H36. The summed E-state index contributed by atoms with van der Waals surface area (Å²) in [6.45, 7) is 2.33. The zero-order chi connectivity index (χ0) is 13.8. The van der Waals surface area contributed by atoms with Crippen molar-refractivity contribution in [1.82, 2.24) is 0 Å². The SMILES string of the molecule is C1CCC(C2CC2)CC1.CCCC1CCCC2(CC2)C1. The van der Waals surface area contributed by atoms with Crippen LogP contribution in [0.1, 0.15) is 103 Å². The molecule has 1 unspecified atom stereocenters. The van der Waals surface area contributed by atoms with Crippen molar-refractivity contribution in [3.8, 4) is 0 Å². The summed E-state index contributed by atoms with van der Waals surface area (Å²) < 4.78 is 0. The van der Waals surface area contributed by atoms with E-state index in [-0.39, 0.29) is 0 Å². The van der Waals surface area contributed by atoms with E-state index in [1.165, 1.54) is 56.8 Å². The second-order valence-corrected chi connectivity index (χ2v) is 8.49. The maximum absolute atomic E-state index is 2.33. The van der Waals surface area contributed by atoms with Crippen LogP contribution in [0.2, 0.25) is 0 Å². The summed E-state index contributed by atoms with van der Waals surface area (Å²) in [6.07, 6.45) is 23.1. The Balaban J connectivity index is 0.000000123. The first-order valence-electron chi connectivity index (χ1n) is 9.81. The predicted molar refractivity (Wildman–Crippen MR) is 87.8 cm³/mol. The maximum Gasteiger partial charge on any atom is -0.0294 e. The lowest BCUT2D eigenvalue weighted by Crippen LogP contribution is -2.15. The zero-order valence-corrected chi connectivity index (χ0v) is 13.8. The van der Waals surface area contributed by atoms with Crippen LogP contribution in [-0.4, -0.2) is 0 Å². The summed E-state index contributed by atoms with van der Waals surface area (Å²) in [4.78, 5) is 0. The molecule has 116 valence electrons. The van der Waals surface area contributed by atoms with Gasteiger partial charge in [0.25, 0.3) is 0 Å². The molecule has 4 fully saturated rings. The van der Waals surface area contributed by atoms with Gasteiger partial charge in [-0.2, -0.15) is 0 Å². The van der Waals surface area contributed by atoms with Crippen LogP contribution >= 0.6 is 0 Å². The molecule has 1 atom stereocenters. The summed E-state index contributed by atoms with van der Waals surface area (Å²) in [6, 6.07) is 0. The van der Waals surface area contributed by atoms with E-state index in [4.69, 9.17) is 0 Å². The molecular weight excluding hydrogens is 240 g/mol. The Morgan fingerprint density at radius 1 is 0.750 bits per heavy atom. The lowest BCUT2D eigenvalue weighted by atomic mass is 9.77. The molecule has 4 rings (SSSR count). The molecule has 0 bridgehead atoms. The molecule has 4 saturated carbocycles. The fourth-order valence-corrected chi connectivity index (χ4v) is 5.04. The Hall–Kier alpha value is 0. The first-order valence-corrected chi connectivity index (χ1v) is 9.81. The second-order valence-electron chi connectivity index (χ2n) is 8.49. The molecule has 0 aromatic rings. The molecule has 4 aliphatic rings. The summed E-state index contributed by atoms with van der Waals surface area (Å²) in [5, 5.41) is 0. The van der Waals surface area contributed by atoms with Crippen molar-refractivity contribution in [1.29, 1.82) is 0 Å². The van der Waals surface area contributed by atoms with Crippen LogP contribution in [0.15, 0.2) is 0 Å². The number of hydrogen-bond donors (Lipinski definition) is 0. The molecule has 0 aromatic carbocycles. The summed E-state index contributed by atoms with van der Waals surface area (Å²) in [5.74, 6) is 3.46. The quantitative estimate of drug-likeness (QED) is 0.536. The van der Waals surface area contributed by atoms with Gasteiger partial charge in [-0.05, 0) is 61.7 Å². The predicted octanol–water partition coefficient (Wildman–Crippen LogP) is 6.73. The minimum absolute atomic E-state index is 0.901. The Morgan fingerprint density at radius 2 is 1.45 bits per heavy atom. The van der Waals surface area contributed by atoms with Crippen molar-refractivity contribution < 1.29 is 0 Å². The Morgan fingerprint density at radius 3 is 2.05 bits per heavy atom. The molecule has 0 saturated heterocycles. The second kappa shape index (κ2) is 6.84. The summed E-state index contributed by atoms with van der Waals surface area (Å²) in [7, 11) is 0. The average Bonchev–Trinajstić information content (AvgIpc) is 3.38. The van der Waals surface area contributed by atoms with Crippen molar-refractivity contribution >= 4 is 0 Å². The van der Waals surface area contributed by atoms with Gasteiger partial charge in [0.1, 0.15) is 0 Å². The molecule has 0 aromatic heterocycles. The van der Waals surface area contributed by atoms with E-state index in [1.54, 1.807) is 51.4 Å². The topological polar surface area (TPSA) is 0 Å². The third kappa shape index (κ3) is 4.25. The van der Waals surface area contributed by atoms with Crippen molar-refractivity contribution in [3.05, 3.63) is 0 Å². The van der Waals surface area contributed by atoms with Crippen LogP contribution in [0.5, 0.6) is 0 Å². The highest BCUT2D eigenvalue weighted by atomic mass is 14.5. The van der Waals surface area contributed by atoms with E-state index in [1.807, 2.05) is 0 Å². The fourth-order valence-electron chi connectivity index (χ4n) is 5.04. The van der Waals surface area contributed by atoms with Gasteiger partial charge >= 0.3 is 0 Å². The van der Waals surface area contributed by atoms with Crippen molar-refractivity contribution in [2.75, 3.05) is 0 Å². The lowest BCUT2D eigenvalue weighted by Gasteiger charge is -2.28. The molecule has 1 spiro atoms. The normalized spacial score (nSPS) is 32.5. The van der Waals surface area contributed by atoms with Crippen molar-refractivity contribution in [2.24, 2.45) is 23.2 Å². The molecule has 0 aliphatic heterocycles. The first-order chi connectivity index (χ1) is 9.81. The minimum Gasteiger partial charge on any atom is -0.0654 e. The highest BCUT2D eigenvalue weighted by molar-refractivity contribution is 4.96. The van der Waals surface area contributed by atoms with Crippen LogP contribution in [-0.2, 0) is 0 Å². The molecule has 20 heavy (non-hydrogen) atoms. The fraction of sp³-hybridized carbons (Fsp3) is 1.00. The van der Waals surface area contributed by atoms with Gasteiger partial charge in [-0.1, -0.05) is 64.7 Å². The van der Waals surface area contributed by atoms with E-state index in [0.29, 0.717) is 0 Å².